The van der Waals surface area contributed by atoms with E-state index in [-0.39, 0.29) is 0 Å². The molecule has 0 atom stereocenters. The van der Waals surface area contributed by atoms with Crippen molar-refractivity contribution in [3.8, 4) is 0 Å². The lowest BCUT2D eigenvalue weighted by Crippen LogP contribution is -2.17. The third-order valence-corrected chi connectivity index (χ3v) is 2.05. The van der Waals surface area contributed by atoms with E-state index in [4.69, 9.17) is 5.41 Å². The standard InChI is InChI=1S/C8H11IN2/c9-5-6-11-8-4-2-1-3-7(8)10/h5-6,10H,1-4H2/b6-5-,10-7?,11-8?. The molecule has 1 aliphatic rings. The topological polar surface area (TPSA) is 36.2 Å². The zero-order valence-corrected chi connectivity index (χ0v) is 8.47. The Morgan fingerprint density at radius 1 is 1.36 bits per heavy atom. The molecule has 0 amide bonds. The Balaban J connectivity index is 2.61. The molecule has 1 rings (SSSR count). The molecule has 11 heavy (non-hydrogen) atoms. The number of aliphatic imine (C=N–C) groups is 1. The summed E-state index contributed by atoms with van der Waals surface area (Å²) in [5.41, 5.74) is 1.70. The van der Waals surface area contributed by atoms with Gasteiger partial charge in [-0.15, -0.1) is 0 Å². The molecular formula is C8H11IN2. The van der Waals surface area contributed by atoms with E-state index in [1.54, 1.807) is 6.20 Å². The van der Waals surface area contributed by atoms with Crippen molar-refractivity contribution in [3.63, 3.8) is 0 Å². The van der Waals surface area contributed by atoms with Gasteiger partial charge in [-0.2, -0.15) is 0 Å². The highest BCUT2D eigenvalue weighted by Crippen LogP contribution is 2.12. The Hall–Kier alpha value is -0.190. The average molecular weight is 262 g/mol. The first-order valence-electron chi connectivity index (χ1n) is 3.74. The molecule has 1 aliphatic carbocycles. The molecule has 2 nitrogen and oxygen atoms in total. The monoisotopic (exact) mass is 262 g/mol. The Kier molecular flexibility index (Phi) is 3.76. The molecule has 0 aromatic carbocycles. The van der Waals surface area contributed by atoms with Crippen LogP contribution in [0.2, 0.25) is 0 Å². The normalized spacial score (nSPS) is 23.4. The summed E-state index contributed by atoms with van der Waals surface area (Å²) in [4.78, 5) is 4.19. The van der Waals surface area contributed by atoms with Gasteiger partial charge in [-0.1, -0.05) is 22.6 Å². The molecule has 1 fully saturated rings. The fraction of sp³-hybridized carbons (Fsp3) is 0.500. The van der Waals surface area contributed by atoms with E-state index in [1.165, 1.54) is 6.42 Å². The van der Waals surface area contributed by atoms with E-state index in [0.29, 0.717) is 0 Å². The third-order valence-electron chi connectivity index (χ3n) is 1.73. The van der Waals surface area contributed by atoms with Crippen molar-refractivity contribution in [2.75, 3.05) is 0 Å². The van der Waals surface area contributed by atoms with Crippen LogP contribution in [0.4, 0.5) is 0 Å². The van der Waals surface area contributed by atoms with Crippen LogP contribution in [0.3, 0.4) is 0 Å². The Labute approximate surface area is 80.4 Å². The van der Waals surface area contributed by atoms with Crippen LogP contribution >= 0.6 is 22.6 Å². The molecule has 0 heterocycles. The Morgan fingerprint density at radius 2 is 2.09 bits per heavy atom. The molecule has 1 saturated carbocycles. The smallest absolute Gasteiger partial charge is 0.0611 e. The second-order valence-corrected chi connectivity index (χ2v) is 3.26. The number of hydrogen-bond acceptors (Lipinski definition) is 2. The number of halogens is 1. The zero-order chi connectivity index (χ0) is 8.10. The van der Waals surface area contributed by atoms with Crippen molar-refractivity contribution < 1.29 is 0 Å². The Morgan fingerprint density at radius 3 is 2.73 bits per heavy atom. The van der Waals surface area contributed by atoms with Crippen LogP contribution in [0.15, 0.2) is 15.3 Å². The second-order valence-electron chi connectivity index (χ2n) is 2.54. The van der Waals surface area contributed by atoms with Crippen LogP contribution in [-0.4, -0.2) is 11.4 Å². The van der Waals surface area contributed by atoms with Gasteiger partial charge in [0.15, 0.2) is 0 Å². The van der Waals surface area contributed by atoms with Crippen molar-refractivity contribution in [1.82, 2.24) is 0 Å². The second kappa shape index (κ2) is 4.64. The maximum absolute atomic E-state index is 7.56. The molecule has 3 heteroatoms. The van der Waals surface area contributed by atoms with E-state index >= 15 is 0 Å². The largest absolute Gasteiger partial charge is 0.303 e. The molecule has 0 radical (unpaired) electrons. The molecule has 0 aromatic heterocycles. The lowest BCUT2D eigenvalue weighted by Gasteiger charge is -2.12. The molecule has 0 bridgehead atoms. The highest BCUT2D eigenvalue weighted by Gasteiger charge is 2.11. The SMILES string of the molecule is N=C1CCCCC1=N/C=C\I. The summed E-state index contributed by atoms with van der Waals surface area (Å²) in [5, 5.41) is 7.56. The lowest BCUT2D eigenvalue weighted by atomic mass is 9.96. The van der Waals surface area contributed by atoms with E-state index in [1.807, 2.05) is 4.08 Å². The van der Waals surface area contributed by atoms with Crippen molar-refractivity contribution in [2.45, 2.75) is 25.7 Å². The number of hydrogen-bond donors (Lipinski definition) is 1. The summed E-state index contributed by atoms with van der Waals surface area (Å²) in [6.07, 6.45) is 6.01. The first kappa shape index (κ1) is 8.90. The molecule has 0 aliphatic heterocycles. The molecule has 0 unspecified atom stereocenters. The van der Waals surface area contributed by atoms with Crippen LogP contribution in [0, 0.1) is 5.41 Å². The molecular weight excluding hydrogens is 251 g/mol. The van der Waals surface area contributed by atoms with E-state index in [2.05, 4.69) is 27.6 Å². The maximum Gasteiger partial charge on any atom is 0.0611 e. The van der Waals surface area contributed by atoms with E-state index < -0.39 is 0 Å². The van der Waals surface area contributed by atoms with Gasteiger partial charge < -0.3 is 5.41 Å². The number of nitrogens with zero attached hydrogens (tertiary/aromatic N) is 1. The summed E-state index contributed by atoms with van der Waals surface area (Å²) in [6.45, 7) is 0. The molecule has 0 spiro atoms. The van der Waals surface area contributed by atoms with Crippen LogP contribution in [-0.2, 0) is 0 Å². The van der Waals surface area contributed by atoms with Gasteiger partial charge >= 0.3 is 0 Å². The third kappa shape index (κ3) is 2.73. The highest BCUT2D eigenvalue weighted by molar-refractivity contribution is 14.1. The van der Waals surface area contributed by atoms with Crippen LogP contribution < -0.4 is 0 Å². The Bertz CT molecular complexity index is 206. The van der Waals surface area contributed by atoms with Gasteiger partial charge in [-0.05, 0) is 29.8 Å². The van der Waals surface area contributed by atoms with Gasteiger partial charge in [0.2, 0.25) is 0 Å². The number of nitrogens with one attached hydrogen (secondary N) is 1. The molecule has 60 valence electrons. The van der Waals surface area contributed by atoms with Crippen LogP contribution in [0.1, 0.15) is 25.7 Å². The van der Waals surface area contributed by atoms with Gasteiger partial charge in [0, 0.05) is 6.20 Å². The fourth-order valence-electron chi connectivity index (χ4n) is 1.15. The van der Waals surface area contributed by atoms with Gasteiger partial charge in [0.1, 0.15) is 0 Å². The molecule has 0 saturated heterocycles. The van der Waals surface area contributed by atoms with Gasteiger partial charge in [0.25, 0.3) is 0 Å². The van der Waals surface area contributed by atoms with Crippen molar-refractivity contribution in [2.24, 2.45) is 4.99 Å². The van der Waals surface area contributed by atoms with Gasteiger partial charge in [-0.3, -0.25) is 4.99 Å². The van der Waals surface area contributed by atoms with Crippen LogP contribution in [0.5, 0.6) is 0 Å². The summed E-state index contributed by atoms with van der Waals surface area (Å²) < 4.78 is 1.87. The first-order chi connectivity index (χ1) is 5.34. The minimum atomic E-state index is 0.728. The summed E-state index contributed by atoms with van der Waals surface area (Å²) >= 11 is 2.13. The fourth-order valence-corrected chi connectivity index (χ4v) is 1.31. The first-order valence-corrected chi connectivity index (χ1v) is 4.99. The van der Waals surface area contributed by atoms with Crippen molar-refractivity contribution >= 4 is 34.0 Å². The summed E-state index contributed by atoms with van der Waals surface area (Å²) in [7, 11) is 0. The number of rotatable bonds is 1. The summed E-state index contributed by atoms with van der Waals surface area (Å²) in [5.74, 6) is 0. The highest BCUT2D eigenvalue weighted by atomic mass is 127. The molecule has 0 aromatic rings. The van der Waals surface area contributed by atoms with Crippen molar-refractivity contribution in [3.05, 3.63) is 10.3 Å². The zero-order valence-electron chi connectivity index (χ0n) is 6.31. The summed E-state index contributed by atoms with van der Waals surface area (Å²) in [6, 6.07) is 0. The minimum Gasteiger partial charge on any atom is -0.303 e. The minimum absolute atomic E-state index is 0.728. The molecule has 1 N–H and O–H groups in total. The van der Waals surface area contributed by atoms with Gasteiger partial charge in [0.05, 0.1) is 11.4 Å². The maximum atomic E-state index is 7.56. The van der Waals surface area contributed by atoms with Gasteiger partial charge in [-0.25, -0.2) is 0 Å². The quantitative estimate of drug-likeness (QED) is 0.705. The average Bonchev–Trinajstić information content (AvgIpc) is 2.03. The van der Waals surface area contributed by atoms with E-state index in [9.17, 15) is 0 Å². The van der Waals surface area contributed by atoms with Crippen LogP contribution in [0.25, 0.3) is 0 Å². The predicted molar refractivity (Wildman–Crippen MR) is 56.8 cm³/mol. The lowest BCUT2D eigenvalue weighted by molar-refractivity contribution is 0.774. The predicted octanol–water partition coefficient (Wildman–Crippen LogP) is 2.93. The van der Waals surface area contributed by atoms with E-state index in [0.717, 1.165) is 30.7 Å². The van der Waals surface area contributed by atoms with Crippen molar-refractivity contribution in [1.29, 1.82) is 5.41 Å².